The number of hydrogen-bond acceptors (Lipinski definition) is 5. The Morgan fingerprint density at radius 3 is 2.26 bits per heavy atom. The number of hydrogen-bond donors (Lipinski definition) is 0. The summed E-state index contributed by atoms with van der Waals surface area (Å²) in [5.41, 5.74) is -0.872. The third-order valence-corrected chi connectivity index (χ3v) is 4.95. The van der Waals surface area contributed by atoms with Crippen molar-refractivity contribution in [1.82, 2.24) is 0 Å². The Bertz CT molecular complexity index is 643. The molecule has 7 heteroatoms. The van der Waals surface area contributed by atoms with Gasteiger partial charge in [0.2, 0.25) is 5.41 Å². The van der Waals surface area contributed by atoms with Gasteiger partial charge >= 0.3 is 11.9 Å². The Morgan fingerprint density at radius 1 is 1.30 bits per heavy atom. The average Bonchev–Trinajstić information content (AvgIpc) is 2.88. The minimum absolute atomic E-state index is 0.130. The number of anilines is 1. The van der Waals surface area contributed by atoms with Crippen LogP contribution in [0.2, 0.25) is 0 Å². The topological polar surface area (TPSA) is 55.8 Å². The van der Waals surface area contributed by atoms with Gasteiger partial charge in [0.15, 0.2) is 0 Å². The zero-order valence-electron chi connectivity index (χ0n) is 12.7. The van der Waals surface area contributed by atoms with Crippen LogP contribution in [0.1, 0.15) is 6.42 Å². The summed E-state index contributed by atoms with van der Waals surface area (Å²) in [6.45, 7) is 3.79. The van der Waals surface area contributed by atoms with E-state index in [0.717, 1.165) is 10.2 Å². The van der Waals surface area contributed by atoms with Gasteiger partial charge in [0.25, 0.3) is 0 Å². The zero-order chi connectivity index (χ0) is 17.2. The number of esters is 2. The lowest BCUT2D eigenvalue weighted by Crippen LogP contribution is -2.47. The van der Waals surface area contributed by atoms with Gasteiger partial charge in [-0.05, 0) is 24.3 Å². The van der Waals surface area contributed by atoms with Crippen LogP contribution in [0.3, 0.4) is 0 Å². The fourth-order valence-electron chi connectivity index (χ4n) is 2.72. The first-order valence-corrected chi connectivity index (χ1v) is 8.01. The second-order valence-electron chi connectivity index (χ2n) is 5.05. The van der Waals surface area contributed by atoms with E-state index in [0.29, 0.717) is 0 Å². The molecule has 0 bridgehead atoms. The summed E-state index contributed by atoms with van der Waals surface area (Å²) in [7, 11) is 2.45. The summed E-state index contributed by atoms with van der Waals surface area (Å²) in [5, 5.41) is 0. The van der Waals surface area contributed by atoms with Crippen molar-refractivity contribution in [2.75, 3.05) is 19.1 Å². The lowest BCUT2D eigenvalue weighted by atomic mass is 9.85. The lowest BCUT2D eigenvalue weighted by molar-refractivity contribution is -0.163. The maximum atomic E-state index is 12.4. The van der Waals surface area contributed by atoms with E-state index in [2.05, 4.69) is 22.5 Å². The van der Waals surface area contributed by atoms with Crippen LogP contribution in [0.25, 0.3) is 0 Å². The molecule has 0 aliphatic carbocycles. The third kappa shape index (κ3) is 2.79. The van der Waals surface area contributed by atoms with Gasteiger partial charge in [0.05, 0.1) is 20.3 Å². The van der Waals surface area contributed by atoms with Crippen molar-refractivity contribution in [2.45, 2.75) is 12.5 Å². The summed E-state index contributed by atoms with van der Waals surface area (Å²) in [4.78, 5) is 26.6. The van der Waals surface area contributed by atoms with E-state index >= 15 is 0 Å². The molecular weight excluding hydrogens is 382 g/mol. The molecule has 1 aliphatic rings. The molecule has 0 radical (unpaired) electrons. The van der Waals surface area contributed by atoms with Gasteiger partial charge in [-0.2, -0.15) is 0 Å². The van der Waals surface area contributed by atoms with Crippen molar-refractivity contribution >= 4 is 50.8 Å². The standard InChI is InChI=1S/C16H16BrNO4S/c1-4-11-9-16(14(19)21-2,15(20)22-3)13(23)18(11)12-7-5-10(17)6-8-12/h4-8,11H,1,9H2,2-3H3. The van der Waals surface area contributed by atoms with Gasteiger partial charge in [-0.15, -0.1) is 6.58 Å². The van der Waals surface area contributed by atoms with Crippen LogP contribution in [-0.2, 0) is 19.1 Å². The Hall–Kier alpha value is -1.73. The van der Waals surface area contributed by atoms with Crippen molar-refractivity contribution in [2.24, 2.45) is 5.41 Å². The Labute approximate surface area is 148 Å². The maximum absolute atomic E-state index is 12.4. The molecule has 2 rings (SSSR count). The number of carbonyl (C=O) groups is 2. The van der Waals surface area contributed by atoms with Crippen molar-refractivity contribution in [3.8, 4) is 0 Å². The van der Waals surface area contributed by atoms with Gasteiger partial charge < -0.3 is 14.4 Å². The van der Waals surface area contributed by atoms with Crippen LogP contribution in [0, 0.1) is 5.41 Å². The number of methoxy groups -OCH3 is 2. The molecule has 1 aliphatic heterocycles. The minimum atomic E-state index is -1.63. The Morgan fingerprint density at radius 2 is 1.83 bits per heavy atom. The normalized spacial score (nSPS) is 19.3. The molecule has 1 fully saturated rings. The highest BCUT2D eigenvalue weighted by atomic mass is 79.9. The zero-order valence-corrected chi connectivity index (χ0v) is 15.1. The molecule has 1 aromatic carbocycles. The summed E-state index contributed by atoms with van der Waals surface area (Å²) in [5.74, 6) is -1.44. The molecule has 122 valence electrons. The number of ether oxygens (including phenoxy) is 2. The molecule has 5 nitrogen and oxygen atoms in total. The van der Waals surface area contributed by atoms with E-state index in [4.69, 9.17) is 21.7 Å². The molecule has 1 aromatic rings. The van der Waals surface area contributed by atoms with Crippen molar-refractivity contribution in [1.29, 1.82) is 0 Å². The van der Waals surface area contributed by atoms with Crippen LogP contribution in [0.15, 0.2) is 41.4 Å². The summed E-state index contributed by atoms with van der Waals surface area (Å²) in [6.07, 6.45) is 1.78. The van der Waals surface area contributed by atoms with Gasteiger partial charge in [-0.25, -0.2) is 0 Å². The molecule has 0 aromatic heterocycles. The van der Waals surface area contributed by atoms with E-state index < -0.39 is 17.4 Å². The molecule has 23 heavy (non-hydrogen) atoms. The van der Waals surface area contributed by atoms with Gasteiger partial charge in [-0.3, -0.25) is 9.59 Å². The fourth-order valence-corrected chi connectivity index (χ4v) is 3.48. The minimum Gasteiger partial charge on any atom is -0.468 e. The van der Waals surface area contributed by atoms with Gasteiger partial charge in [-0.1, -0.05) is 34.2 Å². The van der Waals surface area contributed by atoms with Crippen LogP contribution >= 0.6 is 28.1 Å². The van der Waals surface area contributed by atoms with E-state index in [-0.39, 0.29) is 17.5 Å². The molecule has 0 spiro atoms. The van der Waals surface area contributed by atoms with Crippen LogP contribution in [-0.4, -0.2) is 37.2 Å². The number of halogens is 1. The fraction of sp³-hybridized carbons (Fsp3) is 0.312. The van der Waals surface area contributed by atoms with Crippen molar-refractivity contribution in [3.05, 3.63) is 41.4 Å². The van der Waals surface area contributed by atoms with Crippen LogP contribution in [0.4, 0.5) is 5.69 Å². The molecule has 0 saturated carbocycles. The highest BCUT2D eigenvalue weighted by Crippen LogP contribution is 2.42. The number of rotatable bonds is 4. The SMILES string of the molecule is C=CC1CC(C(=O)OC)(C(=O)OC)C(=S)N1c1ccc(Br)cc1. The lowest BCUT2D eigenvalue weighted by Gasteiger charge is -2.26. The molecular formula is C16H16BrNO4S. The Balaban J connectivity index is 2.55. The molecule has 0 amide bonds. The molecule has 0 N–H and O–H groups in total. The predicted octanol–water partition coefficient (Wildman–Crippen LogP) is 2.87. The second-order valence-corrected chi connectivity index (χ2v) is 6.35. The molecule has 1 heterocycles. The van der Waals surface area contributed by atoms with Crippen molar-refractivity contribution in [3.63, 3.8) is 0 Å². The van der Waals surface area contributed by atoms with Crippen LogP contribution in [0.5, 0.6) is 0 Å². The quantitative estimate of drug-likeness (QED) is 0.337. The smallest absolute Gasteiger partial charge is 0.330 e. The van der Waals surface area contributed by atoms with E-state index in [1.807, 2.05) is 24.3 Å². The van der Waals surface area contributed by atoms with E-state index in [1.54, 1.807) is 11.0 Å². The number of nitrogens with zero attached hydrogens (tertiary/aromatic N) is 1. The first-order chi connectivity index (χ1) is 10.9. The Kier molecular flexibility index (Phi) is 5.21. The number of carbonyl (C=O) groups excluding carboxylic acids is 2. The predicted molar refractivity (Wildman–Crippen MR) is 94.3 cm³/mol. The molecule has 1 saturated heterocycles. The number of benzene rings is 1. The third-order valence-electron chi connectivity index (χ3n) is 3.88. The highest BCUT2D eigenvalue weighted by Gasteiger charge is 2.60. The summed E-state index contributed by atoms with van der Waals surface area (Å²) in [6, 6.07) is 7.08. The monoisotopic (exact) mass is 397 g/mol. The van der Waals surface area contributed by atoms with E-state index in [1.165, 1.54) is 14.2 Å². The second kappa shape index (κ2) is 6.80. The average molecular weight is 398 g/mol. The van der Waals surface area contributed by atoms with E-state index in [9.17, 15) is 9.59 Å². The summed E-state index contributed by atoms with van der Waals surface area (Å²) < 4.78 is 10.6. The largest absolute Gasteiger partial charge is 0.468 e. The first-order valence-electron chi connectivity index (χ1n) is 6.81. The van der Waals surface area contributed by atoms with Gasteiger partial charge in [0, 0.05) is 16.6 Å². The molecule has 1 unspecified atom stereocenters. The van der Waals surface area contributed by atoms with Gasteiger partial charge in [0.1, 0.15) is 4.99 Å². The highest BCUT2D eigenvalue weighted by molar-refractivity contribution is 9.10. The molecule has 1 atom stereocenters. The van der Waals surface area contributed by atoms with Crippen molar-refractivity contribution < 1.29 is 19.1 Å². The maximum Gasteiger partial charge on any atom is 0.330 e. The van der Waals surface area contributed by atoms with Crippen LogP contribution < -0.4 is 4.90 Å². The number of thiocarbonyl (C=S) groups is 1. The first kappa shape index (κ1) is 17.6. The summed E-state index contributed by atoms with van der Waals surface area (Å²) >= 11 is 8.85.